The van der Waals surface area contributed by atoms with E-state index in [0.717, 1.165) is 16.8 Å². The molecule has 0 spiro atoms. The molecular formula is C21H19NO3. The summed E-state index contributed by atoms with van der Waals surface area (Å²) < 4.78 is 4.96. The van der Waals surface area contributed by atoms with Gasteiger partial charge in [-0.3, -0.25) is 4.79 Å². The first-order valence-corrected chi connectivity index (χ1v) is 8.15. The Labute approximate surface area is 147 Å². The van der Waals surface area contributed by atoms with Gasteiger partial charge in [-0.05, 0) is 30.2 Å². The van der Waals surface area contributed by atoms with Gasteiger partial charge in [0.2, 0.25) is 0 Å². The van der Waals surface area contributed by atoms with E-state index in [2.05, 4.69) is 0 Å². The minimum absolute atomic E-state index is 0.0893. The van der Waals surface area contributed by atoms with E-state index in [-0.39, 0.29) is 5.91 Å². The maximum Gasteiger partial charge on any atom is 0.330 e. The number of allylic oxidation sites excluding steroid dienone is 2. The summed E-state index contributed by atoms with van der Waals surface area (Å²) in [6, 6.07) is 17.2. The molecule has 0 aromatic heterocycles. The number of esters is 1. The van der Waals surface area contributed by atoms with Gasteiger partial charge in [0.25, 0.3) is 5.91 Å². The Kier molecular flexibility index (Phi) is 4.80. The third kappa shape index (κ3) is 3.24. The number of rotatable bonds is 4. The van der Waals surface area contributed by atoms with Crippen LogP contribution in [0.25, 0.3) is 11.1 Å². The lowest BCUT2D eigenvalue weighted by Gasteiger charge is -2.09. The number of benzene rings is 2. The van der Waals surface area contributed by atoms with Crippen molar-refractivity contribution < 1.29 is 14.3 Å². The highest BCUT2D eigenvalue weighted by Gasteiger charge is 2.31. The van der Waals surface area contributed by atoms with Crippen molar-refractivity contribution in [1.82, 2.24) is 0 Å². The van der Waals surface area contributed by atoms with Crippen molar-refractivity contribution in [1.29, 1.82) is 0 Å². The van der Waals surface area contributed by atoms with Crippen LogP contribution in [0.15, 0.2) is 66.7 Å². The number of para-hydroxylation sites is 1. The largest absolute Gasteiger partial charge is 0.463 e. The van der Waals surface area contributed by atoms with Crippen molar-refractivity contribution in [3.05, 3.63) is 77.9 Å². The molecule has 1 amide bonds. The molecule has 0 bridgehead atoms. The van der Waals surface area contributed by atoms with Crippen LogP contribution in [-0.4, -0.2) is 25.5 Å². The first kappa shape index (κ1) is 16.7. The summed E-state index contributed by atoms with van der Waals surface area (Å²) in [5.41, 5.74) is 3.89. The lowest BCUT2D eigenvalue weighted by molar-refractivity contribution is -0.137. The number of amides is 1. The Bertz CT molecular complexity index is 866. The molecule has 2 aromatic rings. The minimum atomic E-state index is -0.427. The lowest BCUT2D eigenvalue weighted by Crippen LogP contribution is -2.20. The van der Waals surface area contributed by atoms with Crippen molar-refractivity contribution in [3.63, 3.8) is 0 Å². The number of carbonyl (C=O) groups excluding carboxylic acids is 2. The van der Waals surface area contributed by atoms with Crippen molar-refractivity contribution in [2.75, 3.05) is 18.6 Å². The van der Waals surface area contributed by atoms with Crippen LogP contribution in [0.4, 0.5) is 5.69 Å². The SMILES string of the molecule is CCOC(=O)/C=C/C(=C1\C(=O)N(C)c2ccccc21)c1ccccc1. The standard InChI is InChI=1S/C21H19NO3/c1-3-25-19(23)14-13-16(15-9-5-4-6-10-15)20-17-11-7-8-12-18(17)22(2)21(20)24/h4-14H,3H2,1-2H3/b14-13+,20-16+. The maximum atomic E-state index is 12.9. The number of nitrogens with zero attached hydrogens (tertiary/aromatic N) is 1. The molecule has 2 aromatic carbocycles. The highest BCUT2D eigenvalue weighted by molar-refractivity contribution is 6.38. The van der Waals surface area contributed by atoms with Crippen LogP contribution < -0.4 is 4.90 Å². The molecule has 4 heteroatoms. The zero-order valence-electron chi connectivity index (χ0n) is 14.2. The number of ether oxygens (including phenoxy) is 1. The Hall–Kier alpha value is -3.14. The molecule has 0 unspecified atom stereocenters. The van der Waals surface area contributed by atoms with Gasteiger partial charge in [0.1, 0.15) is 0 Å². The molecule has 3 rings (SSSR count). The van der Waals surface area contributed by atoms with Gasteiger partial charge in [-0.25, -0.2) is 4.79 Å². The van der Waals surface area contributed by atoms with Gasteiger partial charge < -0.3 is 9.64 Å². The zero-order valence-corrected chi connectivity index (χ0v) is 14.2. The summed E-state index contributed by atoms with van der Waals surface area (Å²) in [5.74, 6) is -0.517. The summed E-state index contributed by atoms with van der Waals surface area (Å²) in [7, 11) is 1.76. The monoisotopic (exact) mass is 333 g/mol. The molecule has 1 aliphatic rings. The number of hydrogen-bond acceptors (Lipinski definition) is 3. The van der Waals surface area contributed by atoms with Gasteiger partial charge in [0.15, 0.2) is 0 Å². The molecule has 1 aliphatic heterocycles. The first-order valence-electron chi connectivity index (χ1n) is 8.15. The van der Waals surface area contributed by atoms with Crippen LogP contribution in [0, 0.1) is 0 Å². The van der Waals surface area contributed by atoms with Crippen LogP contribution in [-0.2, 0) is 14.3 Å². The molecule has 0 fully saturated rings. The number of anilines is 1. The predicted octanol–water partition coefficient (Wildman–Crippen LogP) is 3.69. The summed E-state index contributed by atoms with van der Waals surface area (Å²) in [6.45, 7) is 2.07. The Morgan fingerprint density at radius 2 is 1.72 bits per heavy atom. The second-order valence-corrected chi connectivity index (χ2v) is 5.62. The molecule has 25 heavy (non-hydrogen) atoms. The Balaban J connectivity index is 2.19. The molecule has 0 saturated carbocycles. The second-order valence-electron chi connectivity index (χ2n) is 5.62. The summed E-state index contributed by atoms with van der Waals surface area (Å²) in [6.07, 6.45) is 3.03. The van der Waals surface area contributed by atoms with Gasteiger partial charge in [-0.1, -0.05) is 48.5 Å². The van der Waals surface area contributed by atoms with Crippen molar-refractivity contribution in [3.8, 4) is 0 Å². The van der Waals surface area contributed by atoms with Crippen LogP contribution in [0.1, 0.15) is 18.1 Å². The van der Waals surface area contributed by atoms with E-state index in [1.807, 2.05) is 54.6 Å². The van der Waals surface area contributed by atoms with Gasteiger partial charge in [0.05, 0.1) is 17.9 Å². The fourth-order valence-electron chi connectivity index (χ4n) is 2.91. The summed E-state index contributed by atoms with van der Waals surface area (Å²) >= 11 is 0. The number of hydrogen-bond donors (Lipinski definition) is 0. The van der Waals surface area contributed by atoms with E-state index in [0.29, 0.717) is 17.8 Å². The molecule has 0 atom stereocenters. The molecular weight excluding hydrogens is 314 g/mol. The second kappa shape index (κ2) is 7.18. The van der Waals surface area contributed by atoms with E-state index >= 15 is 0 Å². The van der Waals surface area contributed by atoms with E-state index in [4.69, 9.17) is 4.74 Å². The van der Waals surface area contributed by atoms with Gasteiger partial charge in [0, 0.05) is 18.7 Å². The summed E-state index contributed by atoms with van der Waals surface area (Å²) in [4.78, 5) is 26.3. The molecule has 0 radical (unpaired) electrons. The van der Waals surface area contributed by atoms with E-state index in [9.17, 15) is 9.59 Å². The number of likely N-dealkylation sites (N-methyl/N-ethyl adjacent to an activating group) is 1. The lowest BCUT2D eigenvalue weighted by atomic mass is 9.95. The summed E-state index contributed by atoms with van der Waals surface area (Å²) in [5, 5.41) is 0. The first-order chi connectivity index (χ1) is 12.1. The fourth-order valence-corrected chi connectivity index (χ4v) is 2.91. The Morgan fingerprint density at radius 3 is 2.44 bits per heavy atom. The van der Waals surface area contributed by atoms with Gasteiger partial charge >= 0.3 is 5.97 Å². The van der Waals surface area contributed by atoms with Crippen LogP contribution >= 0.6 is 0 Å². The minimum Gasteiger partial charge on any atom is -0.463 e. The van der Waals surface area contributed by atoms with Gasteiger partial charge in [-0.15, -0.1) is 0 Å². The third-order valence-corrected chi connectivity index (χ3v) is 4.08. The molecule has 1 heterocycles. The average molecular weight is 333 g/mol. The Morgan fingerprint density at radius 1 is 1.04 bits per heavy atom. The van der Waals surface area contributed by atoms with Gasteiger partial charge in [-0.2, -0.15) is 0 Å². The molecule has 4 nitrogen and oxygen atoms in total. The molecule has 0 aliphatic carbocycles. The van der Waals surface area contributed by atoms with E-state index in [1.54, 1.807) is 24.9 Å². The highest BCUT2D eigenvalue weighted by atomic mass is 16.5. The van der Waals surface area contributed by atoms with Crippen LogP contribution in [0.5, 0.6) is 0 Å². The van der Waals surface area contributed by atoms with E-state index < -0.39 is 5.97 Å². The average Bonchev–Trinajstić information content (AvgIpc) is 2.89. The van der Waals surface area contributed by atoms with Crippen LogP contribution in [0.2, 0.25) is 0 Å². The molecule has 126 valence electrons. The molecule has 0 saturated heterocycles. The number of fused-ring (bicyclic) bond motifs is 1. The highest BCUT2D eigenvalue weighted by Crippen LogP contribution is 2.40. The quantitative estimate of drug-likeness (QED) is 0.633. The van der Waals surface area contributed by atoms with Crippen molar-refractivity contribution in [2.45, 2.75) is 6.92 Å². The normalized spacial score (nSPS) is 15.4. The smallest absolute Gasteiger partial charge is 0.330 e. The maximum absolute atomic E-state index is 12.9. The van der Waals surface area contributed by atoms with Crippen LogP contribution in [0.3, 0.4) is 0 Å². The van der Waals surface area contributed by atoms with E-state index in [1.165, 1.54) is 6.08 Å². The molecule has 0 N–H and O–H groups in total. The zero-order chi connectivity index (χ0) is 17.8. The van der Waals surface area contributed by atoms with Crippen molar-refractivity contribution >= 4 is 28.7 Å². The van der Waals surface area contributed by atoms with Crippen molar-refractivity contribution in [2.24, 2.45) is 0 Å². The topological polar surface area (TPSA) is 46.6 Å². The predicted molar refractivity (Wildman–Crippen MR) is 98.9 cm³/mol. The fraction of sp³-hybridized carbons (Fsp3) is 0.143. The number of carbonyl (C=O) groups is 2. The third-order valence-electron chi connectivity index (χ3n) is 4.08.